The molecule has 3 N–H and O–H groups in total. The van der Waals surface area contributed by atoms with Gasteiger partial charge in [-0.2, -0.15) is 5.10 Å². The second-order valence-corrected chi connectivity index (χ2v) is 8.59. The lowest BCUT2D eigenvalue weighted by atomic mass is 10.1. The smallest absolute Gasteiger partial charge is 0.270 e. The third kappa shape index (κ3) is 5.35. The number of methoxy groups -OCH3 is 2. The van der Waals surface area contributed by atoms with Crippen molar-refractivity contribution in [2.24, 2.45) is 5.10 Å². The minimum Gasteiger partial charge on any atom is -0.507 e. The van der Waals surface area contributed by atoms with Crippen molar-refractivity contribution >= 4 is 32.8 Å². The summed E-state index contributed by atoms with van der Waals surface area (Å²) < 4.78 is 39.0. The Morgan fingerprint density at radius 1 is 1.03 bits per heavy atom. The number of sulfonamides is 1. The summed E-state index contributed by atoms with van der Waals surface area (Å²) in [4.78, 5) is 10.2. The summed E-state index contributed by atoms with van der Waals surface area (Å²) in [7, 11) is -1.44. The highest BCUT2D eigenvalue weighted by molar-refractivity contribution is 7.93. The number of anilines is 2. The molecule has 34 heavy (non-hydrogen) atoms. The Morgan fingerprint density at radius 3 is 2.41 bits per heavy atom. The van der Waals surface area contributed by atoms with Gasteiger partial charge in [-0.05, 0) is 37.3 Å². The molecule has 3 rings (SSSR count). The number of rotatable bonds is 9. The molecule has 0 aliphatic heterocycles. The van der Waals surface area contributed by atoms with Crippen molar-refractivity contribution in [3.63, 3.8) is 0 Å². The molecular weight excluding hydrogens is 464 g/mol. The topological polar surface area (TPSA) is 152 Å². The number of hydrazone groups is 1. The normalized spacial score (nSPS) is 11.6. The van der Waals surface area contributed by atoms with E-state index in [1.807, 2.05) is 0 Å². The van der Waals surface area contributed by atoms with Crippen LogP contribution in [0.1, 0.15) is 12.5 Å². The predicted octanol–water partition coefficient (Wildman–Crippen LogP) is 3.95. The van der Waals surface area contributed by atoms with Gasteiger partial charge < -0.3 is 14.6 Å². The Balaban J connectivity index is 2.00. The molecule has 0 saturated heterocycles. The van der Waals surface area contributed by atoms with Crippen molar-refractivity contribution in [2.45, 2.75) is 11.8 Å². The van der Waals surface area contributed by atoms with Crippen LogP contribution in [-0.2, 0) is 10.0 Å². The Morgan fingerprint density at radius 2 is 1.76 bits per heavy atom. The van der Waals surface area contributed by atoms with Gasteiger partial charge in [0.25, 0.3) is 15.7 Å². The first-order valence-corrected chi connectivity index (χ1v) is 11.3. The monoisotopic (exact) mass is 486 g/mol. The first-order chi connectivity index (χ1) is 16.2. The highest BCUT2D eigenvalue weighted by Crippen LogP contribution is 2.31. The van der Waals surface area contributed by atoms with Crippen molar-refractivity contribution in [1.29, 1.82) is 0 Å². The highest BCUT2D eigenvalue weighted by atomic mass is 32.2. The molecular formula is C22H22N4O7S. The average molecular weight is 487 g/mol. The number of hydrogen-bond donors (Lipinski definition) is 3. The molecule has 0 atom stereocenters. The van der Waals surface area contributed by atoms with E-state index in [4.69, 9.17) is 9.47 Å². The standard InChI is InChI=1S/C22H22N4O7S/c1-14(17-10-9-16(32-2)13-20(17)27)23-24-19-11-8-15(26(28)29)12-22(19)34(30,31)25-18-6-4-5-7-21(18)33-3/h4-13,24-25,27H,1-3H3/b23-14+. The number of ether oxygens (including phenoxy) is 2. The fourth-order valence-corrected chi connectivity index (χ4v) is 4.26. The van der Waals surface area contributed by atoms with Crippen molar-refractivity contribution < 1.29 is 27.9 Å². The van der Waals surface area contributed by atoms with Crippen LogP contribution in [0.15, 0.2) is 70.7 Å². The Kier molecular flexibility index (Phi) is 7.21. The maximum Gasteiger partial charge on any atom is 0.270 e. The van der Waals surface area contributed by atoms with Gasteiger partial charge in [0, 0.05) is 23.8 Å². The maximum absolute atomic E-state index is 13.2. The van der Waals surface area contributed by atoms with E-state index < -0.39 is 25.5 Å². The van der Waals surface area contributed by atoms with Crippen LogP contribution in [0.25, 0.3) is 0 Å². The summed E-state index contributed by atoms with van der Waals surface area (Å²) in [6.45, 7) is 1.60. The molecule has 0 bridgehead atoms. The number of non-ortho nitro benzene ring substituents is 1. The average Bonchev–Trinajstić information content (AvgIpc) is 2.82. The summed E-state index contributed by atoms with van der Waals surface area (Å²) in [5, 5.41) is 25.6. The largest absolute Gasteiger partial charge is 0.507 e. The number of aromatic hydroxyl groups is 1. The number of nitrogens with zero attached hydrogens (tertiary/aromatic N) is 2. The van der Waals surface area contributed by atoms with Gasteiger partial charge in [0.1, 0.15) is 22.1 Å². The second kappa shape index (κ2) is 10.1. The van der Waals surface area contributed by atoms with Crippen LogP contribution in [-0.4, -0.2) is 38.4 Å². The van der Waals surface area contributed by atoms with E-state index in [9.17, 15) is 23.6 Å². The second-order valence-electron chi connectivity index (χ2n) is 6.94. The number of nitrogens with one attached hydrogen (secondary N) is 2. The van der Waals surface area contributed by atoms with E-state index in [0.29, 0.717) is 17.0 Å². The Hall–Kier alpha value is -4.32. The number of hydrogen-bond acceptors (Lipinski definition) is 9. The summed E-state index contributed by atoms with van der Waals surface area (Å²) in [5.74, 6) is 0.639. The minimum atomic E-state index is -4.29. The van der Waals surface area contributed by atoms with E-state index in [1.165, 1.54) is 32.4 Å². The first-order valence-electron chi connectivity index (χ1n) is 9.78. The van der Waals surface area contributed by atoms with Gasteiger partial charge in [-0.1, -0.05) is 12.1 Å². The fourth-order valence-electron chi connectivity index (χ4n) is 3.02. The van der Waals surface area contributed by atoms with Crippen molar-refractivity contribution in [2.75, 3.05) is 24.4 Å². The molecule has 0 aliphatic carbocycles. The molecule has 0 unspecified atom stereocenters. The molecule has 0 radical (unpaired) electrons. The molecule has 0 aromatic heterocycles. The molecule has 0 saturated carbocycles. The summed E-state index contributed by atoms with van der Waals surface area (Å²) in [6, 6.07) is 14.3. The van der Waals surface area contributed by atoms with Gasteiger partial charge in [0.15, 0.2) is 0 Å². The van der Waals surface area contributed by atoms with Gasteiger partial charge in [-0.3, -0.25) is 20.3 Å². The zero-order valence-electron chi connectivity index (χ0n) is 18.5. The molecule has 3 aromatic rings. The minimum absolute atomic E-state index is 0.0136. The van der Waals surface area contributed by atoms with E-state index in [1.54, 1.807) is 37.3 Å². The first kappa shape index (κ1) is 24.3. The van der Waals surface area contributed by atoms with Crippen molar-refractivity contribution in [3.8, 4) is 17.2 Å². The molecule has 12 heteroatoms. The quantitative estimate of drug-likeness (QED) is 0.233. The van der Waals surface area contributed by atoms with Crippen LogP contribution < -0.4 is 19.6 Å². The molecule has 3 aromatic carbocycles. The van der Waals surface area contributed by atoms with Gasteiger partial charge in [-0.15, -0.1) is 0 Å². The van der Waals surface area contributed by atoms with E-state index in [0.717, 1.165) is 12.1 Å². The predicted molar refractivity (Wildman–Crippen MR) is 127 cm³/mol. The number of benzene rings is 3. The van der Waals surface area contributed by atoms with Crippen molar-refractivity contribution in [3.05, 3.63) is 76.3 Å². The third-order valence-corrected chi connectivity index (χ3v) is 6.16. The zero-order valence-corrected chi connectivity index (χ0v) is 19.3. The molecule has 11 nitrogen and oxygen atoms in total. The molecule has 0 spiro atoms. The molecule has 178 valence electrons. The van der Waals surface area contributed by atoms with Crippen LogP contribution in [0.3, 0.4) is 0 Å². The van der Waals surface area contributed by atoms with Crippen LogP contribution in [0, 0.1) is 10.1 Å². The molecule has 0 aliphatic rings. The fraction of sp³-hybridized carbons (Fsp3) is 0.136. The summed E-state index contributed by atoms with van der Waals surface area (Å²) >= 11 is 0. The lowest BCUT2D eigenvalue weighted by Crippen LogP contribution is -2.16. The number of phenolic OH excluding ortho intramolecular Hbond substituents is 1. The third-order valence-electron chi connectivity index (χ3n) is 4.76. The molecule has 0 heterocycles. The van der Waals surface area contributed by atoms with E-state index in [2.05, 4.69) is 15.2 Å². The zero-order chi connectivity index (χ0) is 24.9. The van der Waals surface area contributed by atoms with Gasteiger partial charge in [0.05, 0.1) is 36.2 Å². The summed E-state index contributed by atoms with van der Waals surface area (Å²) in [6.07, 6.45) is 0. The van der Waals surface area contributed by atoms with Crippen LogP contribution in [0.2, 0.25) is 0 Å². The number of phenols is 1. The van der Waals surface area contributed by atoms with Crippen LogP contribution >= 0.6 is 0 Å². The molecule has 0 amide bonds. The maximum atomic E-state index is 13.2. The van der Waals surface area contributed by atoms with Crippen molar-refractivity contribution in [1.82, 2.24) is 0 Å². The number of nitro groups is 1. The highest BCUT2D eigenvalue weighted by Gasteiger charge is 2.24. The van der Waals surface area contributed by atoms with E-state index in [-0.39, 0.29) is 22.9 Å². The lowest BCUT2D eigenvalue weighted by molar-refractivity contribution is -0.385. The lowest BCUT2D eigenvalue weighted by Gasteiger charge is -2.14. The molecule has 0 fully saturated rings. The Bertz CT molecular complexity index is 1360. The van der Waals surface area contributed by atoms with Gasteiger partial charge >= 0.3 is 0 Å². The van der Waals surface area contributed by atoms with Crippen LogP contribution in [0.5, 0.6) is 17.2 Å². The van der Waals surface area contributed by atoms with Crippen LogP contribution in [0.4, 0.5) is 17.1 Å². The van der Waals surface area contributed by atoms with Gasteiger partial charge in [0.2, 0.25) is 0 Å². The summed E-state index contributed by atoms with van der Waals surface area (Å²) in [5.41, 5.74) is 3.07. The van der Waals surface area contributed by atoms with E-state index >= 15 is 0 Å². The number of nitro benzene ring substituents is 1. The number of para-hydroxylation sites is 2. The Labute approximate surface area is 195 Å². The van der Waals surface area contributed by atoms with Gasteiger partial charge in [-0.25, -0.2) is 8.42 Å². The SMILES string of the molecule is COc1ccc(/C(C)=N/Nc2ccc([N+](=O)[O-])cc2S(=O)(=O)Nc2ccccc2OC)c(O)c1.